The molecule has 0 saturated carbocycles. The molecule has 30 heavy (non-hydrogen) atoms. The predicted molar refractivity (Wildman–Crippen MR) is 111 cm³/mol. The van der Waals surface area contributed by atoms with Crippen LogP contribution < -0.4 is 9.47 Å². The second kappa shape index (κ2) is 9.71. The molecule has 3 rings (SSSR count). The topological polar surface area (TPSA) is 59.1 Å². The second-order valence-electron chi connectivity index (χ2n) is 7.61. The average molecular weight is 414 g/mol. The monoisotopic (exact) mass is 414 g/mol. The van der Waals surface area contributed by atoms with E-state index in [0.717, 1.165) is 5.56 Å². The molecule has 0 aliphatic carbocycles. The van der Waals surface area contributed by atoms with Crippen molar-refractivity contribution in [2.45, 2.75) is 32.5 Å². The van der Waals surface area contributed by atoms with Gasteiger partial charge in [0, 0.05) is 37.8 Å². The number of nitrogens with zero attached hydrogens (tertiary/aromatic N) is 2. The molecule has 0 N–H and O–H groups in total. The summed E-state index contributed by atoms with van der Waals surface area (Å²) in [4.78, 5) is 28.1. The molecule has 6 nitrogen and oxygen atoms in total. The molecule has 2 aromatic carbocycles. The van der Waals surface area contributed by atoms with E-state index in [0.29, 0.717) is 43.0 Å². The summed E-state index contributed by atoms with van der Waals surface area (Å²) < 4.78 is 23.9. The smallest absolute Gasteiger partial charge is 0.260 e. The minimum atomic E-state index is -0.246. The van der Waals surface area contributed by atoms with E-state index in [9.17, 15) is 14.0 Å². The van der Waals surface area contributed by atoms with Crippen LogP contribution in [0.5, 0.6) is 11.5 Å². The van der Waals surface area contributed by atoms with E-state index >= 15 is 0 Å². The molecule has 0 spiro atoms. The van der Waals surface area contributed by atoms with Crippen molar-refractivity contribution in [1.82, 2.24) is 9.80 Å². The van der Waals surface area contributed by atoms with Crippen LogP contribution in [-0.2, 0) is 11.3 Å². The summed E-state index contributed by atoms with van der Waals surface area (Å²) in [5.74, 6) is 0.507. The fraction of sp³-hybridized carbons (Fsp3) is 0.391. The maximum atomic E-state index is 13.1. The first-order valence-electron chi connectivity index (χ1n) is 9.95. The molecule has 2 aromatic rings. The molecule has 0 aromatic heterocycles. The quantitative estimate of drug-likeness (QED) is 0.652. The van der Waals surface area contributed by atoms with E-state index in [4.69, 9.17) is 9.47 Å². The Balaban J connectivity index is 1.60. The van der Waals surface area contributed by atoms with Crippen LogP contribution >= 0.6 is 0 Å². The first-order chi connectivity index (χ1) is 14.4. The molecule has 160 valence electrons. The second-order valence-corrected chi connectivity index (χ2v) is 7.61. The minimum absolute atomic E-state index is 0.00796. The lowest BCUT2D eigenvalue weighted by Crippen LogP contribution is -2.58. The molecule has 2 atom stereocenters. The third-order valence-electron chi connectivity index (χ3n) is 5.43. The van der Waals surface area contributed by atoms with Crippen molar-refractivity contribution in [3.63, 3.8) is 0 Å². The van der Waals surface area contributed by atoms with Gasteiger partial charge >= 0.3 is 0 Å². The third-order valence-corrected chi connectivity index (χ3v) is 5.43. The number of hydrogen-bond donors (Lipinski definition) is 0. The number of rotatable bonds is 7. The first-order valence-corrected chi connectivity index (χ1v) is 9.95. The van der Waals surface area contributed by atoms with Crippen LogP contribution in [0.25, 0.3) is 0 Å². The number of aldehydes is 1. The van der Waals surface area contributed by atoms with Crippen molar-refractivity contribution in [2.24, 2.45) is 0 Å². The highest BCUT2D eigenvalue weighted by Gasteiger charge is 2.32. The van der Waals surface area contributed by atoms with Crippen molar-refractivity contribution in [2.75, 3.05) is 26.8 Å². The van der Waals surface area contributed by atoms with Gasteiger partial charge in [-0.25, -0.2) is 4.39 Å². The Morgan fingerprint density at radius 3 is 2.53 bits per heavy atom. The molecule has 0 bridgehead atoms. The normalized spacial score (nSPS) is 19.4. The lowest BCUT2D eigenvalue weighted by Gasteiger charge is -2.44. The molecule has 1 aliphatic rings. The van der Waals surface area contributed by atoms with Crippen molar-refractivity contribution in [1.29, 1.82) is 0 Å². The Morgan fingerprint density at radius 2 is 1.87 bits per heavy atom. The van der Waals surface area contributed by atoms with E-state index in [1.807, 2.05) is 11.8 Å². The lowest BCUT2D eigenvalue weighted by molar-refractivity contribution is -0.139. The van der Waals surface area contributed by atoms with Gasteiger partial charge in [-0.05, 0) is 43.7 Å². The lowest BCUT2D eigenvalue weighted by atomic mass is 10.1. The molecule has 1 heterocycles. The van der Waals surface area contributed by atoms with Crippen LogP contribution in [0.1, 0.15) is 29.8 Å². The van der Waals surface area contributed by atoms with Gasteiger partial charge in [0.15, 0.2) is 12.9 Å². The summed E-state index contributed by atoms with van der Waals surface area (Å²) in [5, 5.41) is 0. The van der Waals surface area contributed by atoms with E-state index in [1.54, 1.807) is 30.3 Å². The highest BCUT2D eigenvalue weighted by Crippen LogP contribution is 2.24. The number of carbonyl (C=O) groups is 2. The minimum Gasteiger partial charge on any atom is -0.497 e. The number of methoxy groups -OCH3 is 1. The summed E-state index contributed by atoms with van der Waals surface area (Å²) in [5.41, 5.74) is 1.41. The van der Waals surface area contributed by atoms with E-state index in [2.05, 4.69) is 11.8 Å². The van der Waals surface area contributed by atoms with Gasteiger partial charge in [0.25, 0.3) is 5.91 Å². The molecule has 1 saturated heterocycles. The molecular formula is C23H27FN2O4. The first kappa shape index (κ1) is 21.8. The van der Waals surface area contributed by atoms with Gasteiger partial charge in [0.05, 0.1) is 12.7 Å². The Morgan fingerprint density at radius 1 is 1.13 bits per heavy atom. The van der Waals surface area contributed by atoms with Crippen molar-refractivity contribution >= 4 is 12.2 Å². The van der Waals surface area contributed by atoms with Crippen molar-refractivity contribution < 1.29 is 23.5 Å². The fourth-order valence-electron chi connectivity index (χ4n) is 3.68. The maximum absolute atomic E-state index is 13.1. The number of piperazine rings is 1. The molecule has 1 amide bonds. The number of benzene rings is 2. The highest BCUT2D eigenvalue weighted by atomic mass is 19.1. The van der Waals surface area contributed by atoms with Gasteiger partial charge in [-0.2, -0.15) is 0 Å². The van der Waals surface area contributed by atoms with Crippen LogP contribution in [0.3, 0.4) is 0 Å². The molecule has 1 aliphatic heterocycles. The molecular weight excluding hydrogens is 387 g/mol. The van der Waals surface area contributed by atoms with Gasteiger partial charge in [0.1, 0.15) is 17.3 Å². The van der Waals surface area contributed by atoms with Gasteiger partial charge < -0.3 is 14.4 Å². The number of carbonyl (C=O) groups excluding carboxylic acids is 2. The summed E-state index contributed by atoms with van der Waals surface area (Å²) in [6.45, 7) is 5.92. The fourth-order valence-corrected chi connectivity index (χ4v) is 3.68. The van der Waals surface area contributed by atoms with Gasteiger partial charge in [-0.15, -0.1) is 0 Å². The van der Waals surface area contributed by atoms with Crippen LogP contribution in [0, 0.1) is 5.82 Å². The van der Waals surface area contributed by atoms with Crippen LogP contribution in [0.2, 0.25) is 0 Å². The third kappa shape index (κ3) is 5.16. The van der Waals surface area contributed by atoms with Crippen molar-refractivity contribution in [3.8, 4) is 11.5 Å². The Kier molecular flexibility index (Phi) is 7.05. The molecule has 0 unspecified atom stereocenters. The summed E-state index contributed by atoms with van der Waals surface area (Å²) in [7, 11) is 1.53. The zero-order valence-electron chi connectivity index (χ0n) is 17.5. The number of hydrogen-bond acceptors (Lipinski definition) is 5. The van der Waals surface area contributed by atoms with E-state index < -0.39 is 0 Å². The Labute approximate surface area is 176 Å². The van der Waals surface area contributed by atoms with Crippen LogP contribution in [0.15, 0.2) is 42.5 Å². The Hall–Kier alpha value is -2.93. The number of halogens is 1. The number of ether oxygens (including phenoxy) is 2. The summed E-state index contributed by atoms with van der Waals surface area (Å²) in [6.07, 6.45) is 0.693. The average Bonchev–Trinajstić information content (AvgIpc) is 2.75. The van der Waals surface area contributed by atoms with Crippen molar-refractivity contribution in [3.05, 3.63) is 59.4 Å². The van der Waals surface area contributed by atoms with Gasteiger partial charge in [0.2, 0.25) is 0 Å². The molecule has 0 radical (unpaired) electrons. The zero-order chi connectivity index (χ0) is 21.7. The van der Waals surface area contributed by atoms with Crippen LogP contribution in [-0.4, -0.2) is 60.9 Å². The van der Waals surface area contributed by atoms with E-state index in [1.165, 1.54) is 19.2 Å². The predicted octanol–water partition coefficient (Wildman–Crippen LogP) is 3.15. The van der Waals surface area contributed by atoms with Gasteiger partial charge in [-0.1, -0.05) is 12.1 Å². The SMILES string of the molecule is COc1ccc(C=O)c(OCC(=O)N2C[C@H](C)N(Cc3ccc(F)cc3)C[C@H]2C)c1. The van der Waals surface area contributed by atoms with Crippen LogP contribution in [0.4, 0.5) is 4.39 Å². The largest absolute Gasteiger partial charge is 0.497 e. The summed E-state index contributed by atoms with van der Waals surface area (Å²) >= 11 is 0. The number of amides is 1. The standard InChI is InChI=1S/C23H27FN2O4/c1-16-12-26(17(2)11-25(16)13-18-4-7-20(24)8-5-18)23(28)15-30-22-10-21(29-3)9-6-19(22)14-27/h4-10,14,16-17H,11-13,15H2,1-3H3/t16-,17+/m0/s1. The summed E-state index contributed by atoms with van der Waals surface area (Å²) in [6, 6.07) is 11.5. The van der Waals surface area contributed by atoms with Gasteiger partial charge in [-0.3, -0.25) is 14.5 Å². The maximum Gasteiger partial charge on any atom is 0.260 e. The Bertz CT molecular complexity index is 887. The zero-order valence-corrected chi connectivity index (χ0v) is 17.5. The molecule has 1 fully saturated rings. The highest BCUT2D eigenvalue weighted by molar-refractivity contribution is 5.81. The molecule has 7 heteroatoms. The van der Waals surface area contributed by atoms with E-state index in [-0.39, 0.29) is 30.4 Å².